The van der Waals surface area contributed by atoms with E-state index in [2.05, 4.69) is 11.9 Å². The molecular formula is C14H22N2O3. The van der Waals surface area contributed by atoms with Crippen molar-refractivity contribution in [1.82, 2.24) is 9.80 Å². The van der Waals surface area contributed by atoms with Crippen LogP contribution in [0.4, 0.5) is 0 Å². The van der Waals surface area contributed by atoms with E-state index >= 15 is 0 Å². The van der Waals surface area contributed by atoms with Crippen molar-refractivity contribution in [2.24, 2.45) is 5.92 Å². The number of nitrogens with zero attached hydrogens (tertiary/aromatic N) is 2. The number of hydrogen-bond acceptors (Lipinski definition) is 3. The highest BCUT2D eigenvalue weighted by molar-refractivity contribution is 5.86. The molecule has 0 aromatic heterocycles. The number of hydrogen-bond donors (Lipinski definition) is 1. The van der Waals surface area contributed by atoms with Crippen molar-refractivity contribution < 1.29 is 14.7 Å². The molecule has 3 unspecified atom stereocenters. The second kappa shape index (κ2) is 4.78. The molecule has 0 aliphatic carbocycles. The number of carbonyl (C=O) groups excluding carboxylic acids is 1. The van der Waals surface area contributed by atoms with Gasteiger partial charge in [0, 0.05) is 31.1 Å². The fourth-order valence-corrected chi connectivity index (χ4v) is 4.09. The van der Waals surface area contributed by atoms with Crippen molar-refractivity contribution in [2.45, 2.75) is 56.7 Å². The summed E-state index contributed by atoms with van der Waals surface area (Å²) in [6.07, 6.45) is 5.95. The number of amides is 1. The number of likely N-dealkylation sites (tertiary alicyclic amines) is 1. The Bertz CT molecular complexity index is 384. The fourth-order valence-electron chi connectivity index (χ4n) is 4.09. The number of rotatable bonds is 2. The van der Waals surface area contributed by atoms with E-state index in [1.807, 2.05) is 4.90 Å². The standard InChI is InChI=1S/C14H22N2O3/c1-15-10-3-2-4-11(15)7-12(6-10)16-8-9(14(18)19)5-13(16)17/h9-12H,2-8H2,1H3,(H,18,19). The molecule has 1 amide bonds. The topological polar surface area (TPSA) is 60.9 Å². The van der Waals surface area contributed by atoms with Crippen LogP contribution in [0.1, 0.15) is 38.5 Å². The average Bonchev–Trinajstić information content (AvgIpc) is 2.71. The first-order chi connectivity index (χ1) is 9.06. The average molecular weight is 266 g/mol. The molecule has 1 N–H and O–H groups in total. The molecule has 5 heteroatoms. The molecule has 3 saturated heterocycles. The number of fused-ring (bicyclic) bond motifs is 2. The van der Waals surface area contributed by atoms with Crippen LogP contribution in [0.25, 0.3) is 0 Å². The van der Waals surface area contributed by atoms with Crippen LogP contribution in [0.15, 0.2) is 0 Å². The van der Waals surface area contributed by atoms with Crippen LogP contribution in [0.3, 0.4) is 0 Å². The normalized spacial score (nSPS) is 39.6. The van der Waals surface area contributed by atoms with Gasteiger partial charge in [0.2, 0.25) is 5.91 Å². The monoisotopic (exact) mass is 266 g/mol. The van der Waals surface area contributed by atoms with Gasteiger partial charge in [-0.25, -0.2) is 0 Å². The van der Waals surface area contributed by atoms with Crippen LogP contribution in [0.2, 0.25) is 0 Å². The molecule has 3 atom stereocenters. The third-order valence-corrected chi connectivity index (χ3v) is 5.26. The minimum atomic E-state index is -0.830. The second-order valence-corrected chi connectivity index (χ2v) is 6.31. The number of carbonyl (C=O) groups is 2. The Morgan fingerprint density at radius 2 is 1.84 bits per heavy atom. The van der Waals surface area contributed by atoms with Gasteiger partial charge in [-0.1, -0.05) is 6.42 Å². The molecule has 3 rings (SSSR count). The summed E-state index contributed by atoms with van der Waals surface area (Å²) in [5.74, 6) is -1.28. The molecule has 3 aliphatic heterocycles. The maximum absolute atomic E-state index is 12.0. The smallest absolute Gasteiger partial charge is 0.308 e. The number of carboxylic acids is 1. The molecule has 3 heterocycles. The van der Waals surface area contributed by atoms with E-state index in [4.69, 9.17) is 5.11 Å². The SMILES string of the molecule is CN1C2CCCC1CC(N1CC(C(=O)O)CC1=O)C2. The van der Waals surface area contributed by atoms with Gasteiger partial charge in [-0.3, -0.25) is 9.59 Å². The van der Waals surface area contributed by atoms with Crippen LogP contribution in [0.5, 0.6) is 0 Å². The van der Waals surface area contributed by atoms with Crippen molar-refractivity contribution in [3.63, 3.8) is 0 Å². The lowest BCUT2D eigenvalue weighted by Crippen LogP contribution is -2.55. The summed E-state index contributed by atoms with van der Waals surface area (Å²) < 4.78 is 0. The molecule has 0 aromatic rings. The molecule has 3 fully saturated rings. The van der Waals surface area contributed by atoms with Gasteiger partial charge in [0.15, 0.2) is 0 Å². The van der Waals surface area contributed by atoms with Gasteiger partial charge in [0.1, 0.15) is 0 Å². The predicted octanol–water partition coefficient (Wildman–Crippen LogP) is 0.935. The molecule has 0 radical (unpaired) electrons. The van der Waals surface area contributed by atoms with Gasteiger partial charge in [-0.05, 0) is 32.7 Å². The third kappa shape index (κ3) is 2.24. The number of carboxylic acid groups (broad SMARTS) is 1. The third-order valence-electron chi connectivity index (χ3n) is 5.26. The zero-order valence-electron chi connectivity index (χ0n) is 11.4. The van der Waals surface area contributed by atoms with E-state index < -0.39 is 11.9 Å². The summed E-state index contributed by atoms with van der Waals surface area (Å²) in [6, 6.07) is 1.42. The summed E-state index contributed by atoms with van der Waals surface area (Å²) in [4.78, 5) is 27.4. The highest BCUT2D eigenvalue weighted by Gasteiger charge is 2.43. The molecular weight excluding hydrogens is 244 g/mol. The van der Waals surface area contributed by atoms with Crippen LogP contribution < -0.4 is 0 Å². The molecule has 106 valence electrons. The Labute approximate surface area is 113 Å². The summed E-state index contributed by atoms with van der Waals surface area (Å²) in [6.45, 7) is 0.419. The highest BCUT2D eigenvalue weighted by Crippen LogP contribution is 2.36. The Kier molecular flexibility index (Phi) is 3.25. The Morgan fingerprint density at radius 1 is 1.21 bits per heavy atom. The summed E-state index contributed by atoms with van der Waals surface area (Å²) >= 11 is 0. The summed E-state index contributed by atoms with van der Waals surface area (Å²) in [5.41, 5.74) is 0. The second-order valence-electron chi connectivity index (χ2n) is 6.31. The lowest BCUT2D eigenvalue weighted by molar-refractivity contribution is -0.141. The fraction of sp³-hybridized carbons (Fsp3) is 0.857. The minimum Gasteiger partial charge on any atom is -0.481 e. The number of aliphatic carboxylic acids is 1. The Hall–Kier alpha value is -1.10. The largest absolute Gasteiger partial charge is 0.481 e. The van der Waals surface area contributed by atoms with Gasteiger partial charge < -0.3 is 14.9 Å². The molecule has 2 bridgehead atoms. The quantitative estimate of drug-likeness (QED) is 0.808. The number of piperidine rings is 2. The molecule has 0 spiro atoms. The van der Waals surface area contributed by atoms with Crippen LogP contribution in [-0.2, 0) is 9.59 Å². The van der Waals surface area contributed by atoms with E-state index in [-0.39, 0.29) is 18.4 Å². The van der Waals surface area contributed by atoms with Crippen molar-refractivity contribution in [3.8, 4) is 0 Å². The van der Waals surface area contributed by atoms with Crippen LogP contribution in [0, 0.1) is 5.92 Å². The lowest BCUT2D eigenvalue weighted by atomic mass is 9.82. The molecule has 0 aromatic carbocycles. The van der Waals surface area contributed by atoms with Gasteiger partial charge in [-0.2, -0.15) is 0 Å². The van der Waals surface area contributed by atoms with Crippen molar-refractivity contribution in [2.75, 3.05) is 13.6 Å². The van der Waals surface area contributed by atoms with E-state index in [0.717, 1.165) is 12.8 Å². The van der Waals surface area contributed by atoms with Crippen molar-refractivity contribution >= 4 is 11.9 Å². The van der Waals surface area contributed by atoms with Gasteiger partial charge in [-0.15, -0.1) is 0 Å². The van der Waals surface area contributed by atoms with Crippen molar-refractivity contribution in [1.29, 1.82) is 0 Å². The Balaban J connectivity index is 1.70. The van der Waals surface area contributed by atoms with Gasteiger partial charge in [0.25, 0.3) is 0 Å². The zero-order valence-corrected chi connectivity index (χ0v) is 11.4. The maximum Gasteiger partial charge on any atom is 0.308 e. The first kappa shape index (κ1) is 12.9. The lowest BCUT2D eigenvalue weighted by Gasteiger charge is -2.49. The van der Waals surface area contributed by atoms with E-state index in [0.29, 0.717) is 18.6 Å². The summed E-state index contributed by atoms with van der Waals surface area (Å²) in [7, 11) is 2.19. The van der Waals surface area contributed by atoms with E-state index in [1.54, 1.807) is 0 Å². The van der Waals surface area contributed by atoms with E-state index in [9.17, 15) is 9.59 Å². The van der Waals surface area contributed by atoms with Crippen LogP contribution in [-0.4, -0.2) is 58.5 Å². The minimum absolute atomic E-state index is 0.0417. The van der Waals surface area contributed by atoms with Crippen LogP contribution >= 0.6 is 0 Å². The van der Waals surface area contributed by atoms with E-state index in [1.165, 1.54) is 19.3 Å². The van der Waals surface area contributed by atoms with Gasteiger partial charge >= 0.3 is 5.97 Å². The van der Waals surface area contributed by atoms with Gasteiger partial charge in [0.05, 0.1) is 5.92 Å². The molecule has 3 aliphatic rings. The zero-order chi connectivity index (χ0) is 13.6. The molecule has 19 heavy (non-hydrogen) atoms. The maximum atomic E-state index is 12.0. The highest BCUT2D eigenvalue weighted by atomic mass is 16.4. The van der Waals surface area contributed by atoms with Crippen molar-refractivity contribution in [3.05, 3.63) is 0 Å². The predicted molar refractivity (Wildman–Crippen MR) is 69.7 cm³/mol. The molecule has 0 saturated carbocycles. The first-order valence-electron chi connectivity index (χ1n) is 7.30. The summed E-state index contributed by atoms with van der Waals surface area (Å²) in [5, 5.41) is 9.06. The first-order valence-corrected chi connectivity index (χ1v) is 7.30. The Morgan fingerprint density at radius 3 is 2.37 bits per heavy atom. The molecule has 5 nitrogen and oxygen atoms in total.